The normalized spacial score (nSPS) is 13.1. The van der Waals surface area contributed by atoms with E-state index in [0.29, 0.717) is 6.42 Å². The number of nitrogens with one attached hydrogen (secondary N) is 1. The van der Waals surface area contributed by atoms with Crippen molar-refractivity contribution in [3.05, 3.63) is 34.3 Å². The molecule has 0 saturated heterocycles. The first-order valence-corrected chi connectivity index (χ1v) is 6.87. The highest BCUT2D eigenvalue weighted by molar-refractivity contribution is 9.10. The summed E-state index contributed by atoms with van der Waals surface area (Å²) in [6.07, 6.45) is 1.73. The predicted molar refractivity (Wildman–Crippen MR) is 78.1 cm³/mol. The van der Waals surface area contributed by atoms with Crippen molar-refractivity contribution in [1.82, 2.24) is 5.32 Å². The Morgan fingerprint density at radius 1 is 1.58 bits per heavy atom. The van der Waals surface area contributed by atoms with Crippen LogP contribution < -0.4 is 11.1 Å². The van der Waals surface area contributed by atoms with E-state index in [1.165, 1.54) is 0 Å². The summed E-state index contributed by atoms with van der Waals surface area (Å²) in [6.45, 7) is 1.97. The third-order valence-electron chi connectivity index (χ3n) is 2.64. The van der Waals surface area contributed by atoms with Gasteiger partial charge in [-0.3, -0.25) is 4.79 Å². The standard InChI is InChI=1S/C13H18BrN3O2/c1-2-4-11(13(15)17-19)16-12(18)8-9-5-3-6-10(14)7-9/h3,5-7,11,19H,2,4,8H2,1H3,(H2,15,17)(H,16,18). The van der Waals surface area contributed by atoms with E-state index in [2.05, 4.69) is 26.4 Å². The Kier molecular flexibility index (Phi) is 6.35. The zero-order chi connectivity index (χ0) is 14.3. The first-order chi connectivity index (χ1) is 9.06. The number of amidine groups is 1. The van der Waals surface area contributed by atoms with Crippen LogP contribution in [0.15, 0.2) is 33.9 Å². The van der Waals surface area contributed by atoms with E-state index >= 15 is 0 Å². The molecular weight excluding hydrogens is 310 g/mol. The van der Waals surface area contributed by atoms with Crippen LogP contribution in [0.2, 0.25) is 0 Å². The van der Waals surface area contributed by atoms with Crippen molar-refractivity contribution < 1.29 is 10.0 Å². The Hall–Kier alpha value is -1.56. The molecule has 1 aromatic carbocycles. The number of carbonyl (C=O) groups is 1. The lowest BCUT2D eigenvalue weighted by Crippen LogP contribution is -2.45. The molecule has 0 radical (unpaired) electrons. The summed E-state index contributed by atoms with van der Waals surface area (Å²) in [5.41, 5.74) is 6.45. The molecule has 1 unspecified atom stereocenters. The Balaban J connectivity index is 2.62. The van der Waals surface area contributed by atoms with Gasteiger partial charge in [0.15, 0.2) is 5.84 Å². The van der Waals surface area contributed by atoms with Gasteiger partial charge in [-0.2, -0.15) is 0 Å². The molecule has 0 aromatic heterocycles. The van der Waals surface area contributed by atoms with Crippen molar-refractivity contribution in [3.63, 3.8) is 0 Å². The fourth-order valence-corrected chi connectivity index (χ4v) is 2.18. The van der Waals surface area contributed by atoms with Gasteiger partial charge in [0.2, 0.25) is 5.91 Å². The van der Waals surface area contributed by atoms with Crippen LogP contribution >= 0.6 is 15.9 Å². The molecule has 1 amide bonds. The van der Waals surface area contributed by atoms with Gasteiger partial charge in [-0.05, 0) is 24.1 Å². The minimum atomic E-state index is -0.422. The third kappa shape index (κ3) is 5.30. The van der Waals surface area contributed by atoms with Gasteiger partial charge in [0, 0.05) is 4.47 Å². The third-order valence-corrected chi connectivity index (χ3v) is 3.13. The van der Waals surface area contributed by atoms with E-state index in [1.807, 2.05) is 31.2 Å². The SMILES string of the molecule is CCCC(NC(=O)Cc1cccc(Br)c1)C(N)=NO. The average molecular weight is 328 g/mol. The number of oxime groups is 1. The second-order valence-corrected chi connectivity index (χ2v) is 5.16. The highest BCUT2D eigenvalue weighted by Crippen LogP contribution is 2.12. The highest BCUT2D eigenvalue weighted by Gasteiger charge is 2.16. The quantitative estimate of drug-likeness (QED) is 0.323. The van der Waals surface area contributed by atoms with Crippen LogP contribution in [0.5, 0.6) is 0 Å². The maximum atomic E-state index is 11.9. The Labute approximate surface area is 121 Å². The number of nitrogens with zero attached hydrogens (tertiary/aromatic N) is 1. The number of rotatable bonds is 6. The minimum absolute atomic E-state index is 0.0319. The fourth-order valence-electron chi connectivity index (χ4n) is 1.73. The van der Waals surface area contributed by atoms with Gasteiger partial charge in [-0.15, -0.1) is 0 Å². The topological polar surface area (TPSA) is 87.7 Å². The zero-order valence-corrected chi connectivity index (χ0v) is 12.4. The molecule has 0 saturated carbocycles. The summed E-state index contributed by atoms with van der Waals surface area (Å²) in [5, 5.41) is 14.4. The summed E-state index contributed by atoms with van der Waals surface area (Å²) < 4.78 is 0.930. The first-order valence-electron chi connectivity index (χ1n) is 6.08. The van der Waals surface area contributed by atoms with Crippen molar-refractivity contribution in [2.45, 2.75) is 32.2 Å². The molecule has 0 bridgehead atoms. The Bertz CT molecular complexity index is 463. The van der Waals surface area contributed by atoms with Gasteiger partial charge in [-0.1, -0.05) is 46.6 Å². The molecule has 4 N–H and O–H groups in total. The van der Waals surface area contributed by atoms with Crippen LogP contribution in [0.25, 0.3) is 0 Å². The van der Waals surface area contributed by atoms with Crippen LogP contribution in [0.1, 0.15) is 25.3 Å². The molecule has 0 heterocycles. The molecule has 104 valence electrons. The van der Waals surface area contributed by atoms with E-state index in [0.717, 1.165) is 16.5 Å². The van der Waals surface area contributed by atoms with Crippen molar-refractivity contribution in [2.24, 2.45) is 10.9 Å². The summed E-state index contributed by atoms with van der Waals surface area (Å²) in [7, 11) is 0. The lowest BCUT2D eigenvalue weighted by Gasteiger charge is -2.16. The van der Waals surface area contributed by atoms with Crippen LogP contribution in [0.3, 0.4) is 0 Å². The van der Waals surface area contributed by atoms with E-state index in [4.69, 9.17) is 10.9 Å². The van der Waals surface area contributed by atoms with Crippen molar-refractivity contribution in [3.8, 4) is 0 Å². The van der Waals surface area contributed by atoms with E-state index < -0.39 is 6.04 Å². The van der Waals surface area contributed by atoms with E-state index in [1.54, 1.807) is 0 Å². The molecule has 0 spiro atoms. The van der Waals surface area contributed by atoms with Crippen LogP contribution in [0.4, 0.5) is 0 Å². The maximum absolute atomic E-state index is 11.9. The maximum Gasteiger partial charge on any atom is 0.225 e. The second-order valence-electron chi connectivity index (χ2n) is 4.24. The largest absolute Gasteiger partial charge is 0.409 e. The molecule has 0 fully saturated rings. The van der Waals surface area contributed by atoms with Gasteiger partial charge in [0.1, 0.15) is 0 Å². The second kappa shape index (κ2) is 7.78. The van der Waals surface area contributed by atoms with Gasteiger partial charge in [-0.25, -0.2) is 0 Å². The number of amides is 1. The summed E-state index contributed by atoms with van der Waals surface area (Å²) in [4.78, 5) is 11.9. The average Bonchev–Trinajstić information content (AvgIpc) is 2.37. The summed E-state index contributed by atoms with van der Waals surface area (Å²) >= 11 is 3.36. The molecule has 1 atom stereocenters. The lowest BCUT2D eigenvalue weighted by molar-refractivity contribution is -0.120. The van der Waals surface area contributed by atoms with Crippen molar-refractivity contribution in [1.29, 1.82) is 0 Å². The molecule has 5 nitrogen and oxygen atoms in total. The number of hydrogen-bond donors (Lipinski definition) is 3. The summed E-state index contributed by atoms with van der Waals surface area (Å²) in [5.74, 6) is -0.118. The van der Waals surface area contributed by atoms with Crippen LogP contribution in [-0.4, -0.2) is 23.0 Å². The molecule has 19 heavy (non-hydrogen) atoms. The molecular formula is C13H18BrN3O2. The fraction of sp³-hybridized carbons (Fsp3) is 0.385. The summed E-state index contributed by atoms with van der Waals surface area (Å²) in [6, 6.07) is 7.12. The van der Waals surface area contributed by atoms with Crippen LogP contribution in [0, 0.1) is 0 Å². The van der Waals surface area contributed by atoms with Crippen molar-refractivity contribution in [2.75, 3.05) is 0 Å². The number of hydrogen-bond acceptors (Lipinski definition) is 3. The molecule has 0 aliphatic heterocycles. The molecule has 1 aromatic rings. The number of halogens is 1. The van der Waals surface area contributed by atoms with E-state index in [-0.39, 0.29) is 18.2 Å². The minimum Gasteiger partial charge on any atom is -0.409 e. The van der Waals surface area contributed by atoms with Gasteiger partial charge in [0.05, 0.1) is 12.5 Å². The molecule has 0 aliphatic rings. The van der Waals surface area contributed by atoms with Crippen LogP contribution in [-0.2, 0) is 11.2 Å². The zero-order valence-electron chi connectivity index (χ0n) is 10.8. The highest BCUT2D eigenvalue weighted by atomic mass is 79.9. The van der Waals surface area contributed by atoms with Gasteiger partial charge < -0.3 is 16.3 Å². The number of benzene rings is 1. The monoisotopic (exact) mass is 327 g/mol. The molecule has 6 heteroatoms. The molecule has 0 aliphatic carbocycles. The smallest absolute Gasteiger partial charge is 0.225 e. The van der Waals surface area contributed by atoms with E-state index in [9.17, 15) is 4.79 Å². The predicted octanol–water partition coefficient (Wildman–Crippen LogP) is 2.02. The van der Waals surface area contributed by atoms with Gasteiger partial charge in [0.25, 0.3) is 0 Å². The van der Waals surface area contributed by atoms with Crippen molar-refractivity contribution >= 4 is 27.7 Å². The Morgan fingerprint density at radius 3 is 2.89 bits per heavy atom. The Morgan fingerprint density at radius 2 is 2.32 bits per heavy atom. The molecule has 1 rings (SSSR count). The number of carbonyl (C=O) groups excluding carboxylic acids is 1. The first kappa shape index (κ1) is 15.5. The van der Waals surface area contributed by atoms with Gasteiger partial charge >= 0.3 is 0 Å². The lowest BCUT2D eigenvalue weighted by atomic mass is 10.1. The number of nitrogens with two attached hydrogens (primary N) is 1.